The molecule has 0 radical (unpaired) electrons. The Morgan fingerprint density at radius 1 is 1.00 bits per heavy atom. The maximum Gasteiger partial charge on any atom is 0.142 e. The predicted molar refractivity (Wildman–Crippen MR) is 111 cm³/mol. The van der Waals surface area contributed by atoms with Crippen molar-refractivity contribution in [1.82, 2.24) is 19.9 Å². The van der Waals surface area contributed by atoms with Gasteiger partial charge in [-0.25, -0.2) is 4.98 Å². The summed E-state index contributed by atoms with van der Waals surface area (Å²) in [5.74, 6) is 0.760. The summed E-state index contributed by atoms with van der Waals surface area (Å²) in [5, 5.41) is 0.952. The Bertz CT molecular complexity index is 1120. The SMILES string of the molecule is CN1CCN(c2ccc3nc(-c4cnc5ccccc5c4N)[nH]c3c2)CC1. The first-order chi connectivity index (χ1) is 13.2. The molecule has 4 aromatic rings. The summed E-state index contributed by atoms with van der Waals surface area (Å²) < 4.78 is 0. The summed E-state index contributed by atoms with van der Waals surface area (Å²) in [7, 11) is 2.17. The standard InChI is InChI=1S/C21H22N6/c1-26-8-10-27(11-9-26)14-6-7-18-19(12-14)25-21(24-18)16-13-23-17-5-3-2-4-15(17)20(16)22/h2-7,12-13H,8-11H2,1H3,(H2,22,23)(H,24,25). The van der Waals surface area contributed by atoms with Crippen LogP contribution < -0.4 is 10.6 Å². The van der Waals surface area contributed by atoms with Gasteiger partial charge in [-0.05, 0) is 31.3 Å². The molecule has 5 rings (SSSR count). The average molecular weight is 358 g/mol. The Balaban J connectivity index is 1.54. The summed E-state index contributed by atoms with van der Waals surface area (Å²) in [6, 6.07) is 14.3. The van der Waals surface area contributed by atoms with Crippen LogP contribution in [0.1, 0.15) is 0 Å². The summed E-state index contributed by atoms with van der Waals surface area (Å²) in [5.41, 5.74) is 12.1. The number of anilines is 2. The molecule has 3 N–H and O–H groups in total. The lowest BCUT2D eigenvalue weighted by Crippen LogP contribution is -2.44. The van der Waals surface area contributed by atoms with Crippen molar-refractivity contribution in [1.29, 1.82) is 0 Å². The topological polar surface area (TPSA) is 74.1 Å². The number of fused-ring (bicyclic) bond motifs is 2. The summed E-state index contributed by atoms with van der Waals surface area (Å²) in [6.07, 6.45) is 1.80. The smallest absolute Gasteiger partial charge is 0.142 e. The highest BCUT2D eigenvalue weighted by Crippen LogP contribution is 2.31. The minimum Gasteiger partial charge on any atom is -0.398 e. The molecule has 27 heavy (non-hydrogen) atoms. The van der Waals surface area contributed by atoms with Gasteiger partial charge in [-0.2, -0.15) is 0 Å². The van der Waals surface area contributed by atoms with Crippen molar-refractivity contribution in [2.24, 2.45) is 0 Å². The van der Waals surface area contributed by atoms with Gasteiger partial charge in [0.25, 0.3) is 0 Å². The first-order valence-corrected chi connectivity index (χ1v) is 9.26. The second-order valence-electron chi connectivity index (χ2n) is 7.18. The molecule has 0 amide bonds. The van der Waals surface area contributed by atoms with E-state index in [1.165, 1.54) is 5.69 Å². The molecular formula is C21H22N6. The fraction of sp³-hybridized carbons (Fsp3) is 0.238. The molecule has 0 saturated carbocycles. The molecule has 0 unspecified atom stereocenters. The number of aromatic amines is 1. The molecule has 6 nitrogen and oxygen atoms in total. The fourth-order valence-corrected chi connectivity index (χ4v) is 3.74. The number of piperazine rings is 1. The number of likely N-dealkylation sites (N-methyl/N-ethyl adjacent to an activating group) is 1. The second-order valence-corrected chi connectivity index (χ2v) is 7.18. The lowest BCUT2D eigenvalue weighted by atomic mass is 10.1. The third kappa shape index (κ3) is 2.78. The highest BCUT2D eigenvalue weighted by atomic mass is 15.2. The van der Waals surface area contributed by atoms with E-state index in [2.05, 4.69) is 45.0 Å². The van der Waals surface area contributed by atoms with Gasteiger partial charge < -0.3 is 20.5 Å². The third-order valence-corrected chi connectivity index (χ3v) is 5.41. The Kier molecular flexibility index (Phi) is 3.72. The Labute approximate surface area is 157 Å². The third-order valence-electron chi connectivity index (χ3n) is 5.41. The van der Waals surface area contributed by atoms with E-state index in [-0.39, 0.29) is 0 Å². The van der Waals surface area contributed by atoms with Gasteiger partial charge in [0, 0.05) is 43.4 Å². The molecule has 1 saturated heterocycles. The van der Waals surface area contributed by atoms with Crippen LogP contribution in [0.15, 0.2) is 48.7 Å². The second kappa shape index (κ2) is 6.25. The zero-order valence-electron chi connectivity index (χ0n) is 15.3. The number of rotatable bonds is 2. The van der Waals surface area contributed by atoms with Gasteiger partial charge in [-0.15, -0.1) is 0 Å². The van der Waals surface area contributed by atoms with E-state index in [9.17, 15) is 0 Å². The molecule has 0 atom stereocenters. The zero-order valence-corrected chi connectivity index (χ0v) is 15.3. The van der Waals surface area contributed by atoms with E-state index >= 15 is 0 Å². The van der Waals surface area contributed by atoms with Crippen LogP contribution >= 0.6 is 0 Å². The highest BCUT2D eigenvalue weighted by molar-refractivity contribution is 5.97. The number of nitrogen functional groups attached to an aromatic ring is 1. The van der Waals surface area contributed by atoms with E-state index < -0.39 is 0 Å². The van der Waals surface area contributed by atoms with Crippen molar-refractivity contribution < 1.29 is 0 Å². The van der Waals surface area contributed by atoms with Gasteiger partial charge >= 0.3 is 0 Å². The van der Waals surface area contributed by atoms with Crippen LogP contribution in [0.5, 0.6) is 0 Å². The maximum absolute atomic E-state index is 6.42. The van der Waals surface area contributed by atoms with Crippen LogP contribution in [0.25, 0.3) is 33.3 Å². The van der Waals surface area contributed by atoms with Gasteiger partial charge in [-0.1, -0.05) is 18.2 Å². The van der Waals surface area contributed by atoms with E-state index in [1.54, 1.807) is 6.20 Å². The number of hydrogen-bond donors (Lipinski definition) is 2. The molecule has 136 valence electrons. The summed E-state index contributed by atoms with van der Waals surface area (Å²) in [4.78, 5) is 17.5. The number of nitrogens with zero attached hydrogens (tertiary/aromatic N) is 4. The average Bonchev–Trinajstić information content (AvgIpc) is 3.12. The van der Waals surface area contributed by atoms with E-state index in [0.717, 1.165) is 59.5 Å². The Hall–Kier alpha value is -3.12. The predicted octanol–water partition coefficient (Wildman–Crippen LogP) is 3.11. The van der Waals surface area contributed by atoms with Crippen LogP contribution in [0.3, 0.4) is 0 Å². The lowest BCUT2D eigenvalue weighted by molar-refractivity contribution is 0.313. The molecule has 1 fully saturated rings. The molecule has 6 heteroatoms. The molecular weight excluding hydrogens is 336 g/mol. The lowest BCUT2D eigenvalue weighted by Gasteiger charge is -2.34. The van der Waals surface area contributed by atoms with Crippen molar-refractivity contribution in [3.05, 3.63) is 48.7 Å². The normalized spacial score (nSPS) is 15.7. The van der Waals surface area contributed by atoms with Crippen molar-refractivity contribution in [3.8, 4) is 11.4 Å². The van der Waals surface area contributed by atoms with E-state index in [4.69, 9.17) is 10.7 Å². The molecule has 2 aromatic carbocycles. The minimum atomic E-state index is 0.707. The number of para-hydroxylation sites is 1. The van der Waals surface area contributed by atoms with Gasteiger partial charge in [0.2, 0.25) is 0 Å². The maximum atomic E-state index is 6.42. The number of nitrogens with two attached hydrogens (primary N) is 1. The number of hydrogen-bond acceptors (Lipinski definition) is 5. The highest BCUT2D eigenvalue weighted by Gasteiger charge is 2.16. The van der Waals surface area contributed by atoms with E-state index in [1.807, 2.05) is 24.3 Å². The number of aromatic nitrogens is 3. The summed E-state index contributed by atoms with van der Waals surface area (Å²) >= 11 is 0. The zero-order chi connectivity index (χ0) is 18.4. The van der Waals surface area contributed by atoms with Crippen molar-refractivity contribution >= 4 is 33.3 Å². The first-order valence-electron chi connectivity index (χ1n) is 9.26. The van der Waals surface area contributed by atoms with E-state index in [0.29, 0.717) is 5.69 Å². The quantitative estimate of drug-likeness (QED) is 0.576. The molecule has 2 aromatic heterocycles. The fourth-order valence-electron chi connectivity index (χ4n) is 3.74. The van der Waals surface area contributed by atoms with Crippen LogP contribution in [-0.4, -0.2) is 53.1 Å². The molecule has 0 bridgehead atoms. The molecule has 0 spiro atoms. The van der Waals surface area contributed by atoms with Crippen LogP contribution in [-0.2, 0) is 0 Å². The number of imidazole rings is 1. The van der Waals surface area contributed by atoms with Crippen molar-refractivity contribution in [2.45, 2.75) is 0 Å². The largest absolute Gasteiger partial charge is 0.398 e. The van der Waals surface area contributed by atoms with Gasteiger partial charge in [0.1, 0.15) is 5.82 Å². The van der Waals surface area contributed by atoms with Gasteiger partial charge in [-0.3, -0.25) is 4.98 Å². The monoisotopic (exact) mass is 358 g/mol. The Morgan fingerprint density at radius 2 is 1.81 bits per heavy atom. The number of benzene rings is 2. The molecule has 1 aliphatic rings. The number of H-pyrrole nitrogens is 1. The van der Waals surface area contributed by atoms with Crippen molar-refractivity contribution in [2.75, 3.05) is 43.9 Å². The molecule has 0 aliphatic carbocycles. The Morgan fingerprint density at radius 3 is 2.67 bits per heavy atom. The first kappa shape index (κ1) is 16.1. The van der Waals surface area contributed by atoms with Crippen molar-refractivity contribution in [3.63, 3.8) is 0 Å². The van der Waals surface area contributed by atoms with Gasteiger partial charge in [0.05, 0.1) is 27.8 Å². The molecule has 1 aliphatic heterocycles. The molecule has 3 heterocycles. The number of nitrogens with one attached hydrogen (secondary N) is 1. The van der Waals surface area contributed by atoms with Gasteiger partial charge in [0.15, 0.2) is 0 Å². The van der Waals surface area contributed by atoms with Crippen LogP contribution in [0.4, 0.5) is 11.4 Å². The minimum absolute atomic E-state index is 0.707. The number of pyridine rings is 1. The van der Waals surface area contributed by atoms with Crippen LogP contribution in [0.2, 0.25) is 0 Å². The summed E-state index contributed by atoms with van der Waals surface area (Å²) in [6.45, 7) is 4.27. The van der Waals surface area contributed by atoms with Crippen LogP contribution in [0, 0.1) is 0 Å².